The molecule has 0 atom stereocenters. The number of nitrogens with one attached hydrogen (secondary N) is 1. The van der Waals surface area contributed by atoms with E-state index in [1.807, 2.05) is 19.9 Å². The van der Waals surface area contributed by atoms with Gasteiger partial charge < -0.3 is 15.2 Å². The van der Waals surface area contributed by atoms with Crippen molar-refractivity contribution in [2.75, 3.05) is 5.32 Å². The van der Waals surface area contributed by atoms with Crippen LogP contribution in [0.15, 0.2) is 48.0 Å². The number of nitrogens with zero attached hydrogens (tertiary/aromatic N) is 1. The molecule has 1 amide bonds. The van der Waals surface area contributed by atoms with Gasteiger partial charge in [0.2, 0.25) is 0 Å². The van der Waals surface area contributed by atoms with E-state index in [0.717, 1.165) is 0 Å². The van der Waals surface area contributed by atoms with Crippen molar-refractivity contribution >= 4 is 29.3 Å². The third-order valence-corrected chi connectivity index (χ3v) is 3.42. The van der Waals surface area contributed by atoms with Gasteiger partial charge in [0.05, 0.1) is 11.1 Å². The molecule has 0 bridgehead atoms. The minimum Gasteiger partial charge on any atom is -0.508 e. The van der Waals surface area contributed by atoms with Crippen LogP contribution in [0, 0.1) is 11.3 Å². The zero-order chi connectivity index (χ0) is 18.4. The van der Waals surface area contributed by atoms with Gasteiger partial charge in [-0.2, -0.15) is 5.26 Å². The van der Waals surface area contributed by atoms with E-state index in [2.05, 4.69) is 5.32 Å². The molecule has 0 spiro atoms. The lowest BCUT2D eigenvalue weighted by Gasteiger charge is -2.11. The lowest BCUT2D eigenvalue weighted by molar-refractivity contribution is -0.112. The first kappa shape index (κ1) is 18.4. The fraction of sp³-hybridized carbons (Fsp3) is 0.158. The molecule has 0 saturated heterocycles. The van der Waals surface area contributed by atoms with Crippen LogP contribution in [0.1, 0.15) is 19.4 Å². The van der Waals surface area contributed by atoms with Crippen LogP contribution >= 0.6 is 11.6 Å². The Bertz CT molecular complexity index is 837. The average molecular weight is 357 g/mol. The van der Waals surface area contributed by atoms with Crippen LogP contribution in [0.2, 0.25) is 5.02 Å². The molecule has 0 aliphatic heterocycles. The maximum Gasteiger partial charge on any atom is 0.266 e. The van der Waals surface area contributed by atoms with Gasteiger partial charge >= 0.3 is 0 Å². The molecule has 0 radical (unpaired) electrons. The van der Waals surface area contributed by atoms with E-state index in [1.165, 1.54) is 30.3 Å². The van der Waals surface area contributed by atoms with Crippen molar-refractivity contribution in [1.29, 1.82) is 5.26 Å². The summed E-state index contributed by atoms with van der Waals surface area (Å²) in [6, 6.07) is 12.9. The van der Waals surface area contributed by atoms with Crippen molar-refractivity contribution in [3.63, 3.8) is 0 Å². The molecule has 2 rings (SSSR count). The highest BCUT2D eigenvalue weighted by molar-refractivity contribution is 6.32. The zero-order valence-electron chi connectivity index (χ0n) is 13.8. The lowest BCUT2D eigenvalue weighted by Crippen LogP contribution is -2.13. The number of benzene rings is 2. The summed E-state index contributed by atoms with van der Waals surface area (Å²) in [6.45, 7) is 3.79. The van der Waals surface area contributed by atoms with Gasteiger partial charge in [-0.25, -0.2) is 0 Å². The number of carbonyl (C=O) groups is 1. The van der Waals surface area contributed by atoms with E-state index in [0.29, 0.717) is 22.0 Å². The predicted octanol–water partition coefficient (Wildman–Crippen LogP) is 4.38. The fourth-order valence-electron chi connectivity index (χ4n) is 2.01. The minimum absolute atomic E-state index is 0.00958. The Morgan fingerprint density at radius 3 is 2.52 bits per heavy atom. The molecular formula is C19H17ClN2O3. The number of hydrogen-bond donors (Lipinski definition) is 2. The Morgan fingerprint density at radius 2 is 1.96 bits per heavy atom. The number of halogens is 1. The summed E-state index contributed by atoms with van der Waals surface area (Å²) in [5.41, 5.74) is 1.02. The molecule has 25 heavy (non-hydrogen) atoms. The van der Waals surface area contributed by atoms with E-state index in [1.54, 1.807) is 18.2 Å². The number of hydrogen-bond acceptors (Lipinski definition) is 4. The van der Waals surface area contributed by atoms with Gasteiger partial charge in [-0.15, -0.1) is 0 Å². The summed E-state index contributed by atoms with van der Waals surface area (Å²) < 4.78 is 5.55. The van der Waals surface area contributed by atoms with Gasteiger partial charge in [-0.3, -0.25) is 4.79 Å². The summed E-state index contributed by atoms with van der Waals surface area (Å²) in [6.07, 6.45) is 1.44. The molecule has 6 heteroatoms. The van der Waals surface area contributed by atoms with Crippen molar-refractivity contribution in [3.05, 3.63) is 58.6 Å². The molecular weight excluding hydrogens is 340 g/mol. The van der Waals surface area contributed by atoms with Crippen LogP contribution in [0.5, 0.6) is 11.5 Å². The Hall–Kier alpha value is -2.97. The van der Waals surface area contributed by atoms with Crippen LogP contribution in [0.25, 0.3) is 6.08 Å². The number of phenols is 1. The van der Waals surface area contributed by atoms with E-state index in [9.17, 15) is 15.2 Å². The first-order valence-electron chi connectivity index (χ1n) is 7.57. The number of carbonyl (C=O) groups excluding carboxylic acids is 1. The number of aromatic hydroxyl groups is 1. The average Bonchev–Trinajstić information content (AvgIpc) is 2.56. The molecule has 0 aliphatic rings. The van der Waals surface area contributed by atoms with Crippen LogP contribution in [0.4, 0.5) is 5.69 Å². The topological polar surface area (TPSA) is 82.3 Å². The van der Waals surface area contributed by atoms with E-state index in [4.69, 9.17) is 16.3 Å². The molecule has 5 nitrogen and oxygen atoms in total. The lowest BCUT2D eigenvalue weighted by atomic mass is 10.1. The van der Waals surface area contributed by atoms with E-state index >= 15 is 0 Å². The van der Waals surface area contributed by atoms with Crippen molar-refractivity contribution in [1.82, 2.24) is 0 Å². The number of anilines is 1. The summed E-state index contributed by atoms with van der Waals surface area (Å²) in [4.78, 5) is 12.2. The molecule has 0 aliphatic carbocycles. The maximum absolute atomic E-state index is 12.2. The SMILES string of the molecule is CC(C)Oc1ccc(C=C(C#N)C(=O)Nc2ccc(O)cc2)cc1Cl. The first-order chi connectivity index (χ1) is 11.9. The highest BCUT2D eigenvalue weighted by atomic mass is 35.5. The standard InChI is InChI=1S/C19H17ClN2O3/c1-12(2)25-18-8-3-13(10-17(18)20)9-14(11-21)19(24)22-15-4-6-16(23)7-5-15/h3-10,12,23H,1-2H3,(H,22,24). The molecule has 0 fully saturated rings. The van der Waals surface area contributed by atoms with Gasteiger partial charge in [0, 0.05) is 5.69 Å². The monoisotopic (exact) mass is 356 g/mol. The number of rotatable bonds is 5. The summed E-state index contributed by atoms with van der Waals surface area (Å²) in [5, 5.41) is 21.5. The van der Waals surface area contributed by atoms with Crippen molar-refractivity contribution < 1.29 is 14.6 Å². The molecule has 2 aromatic carbocycles. The Kier molecular flexibility index (Phi) is 6.04. The molecule has 2 N–H and O–H groups in total. The molecule has 0 heterocycles. The van der Waals surface area contributed by atoms with Gasteiger partial charge in [0.15, 0.2) is 0 Å². The van der Waals surface area contributed by atoms with E-state index < -0.39 is 5.91 Å². The highest BCUT2D eigenvalue weighted by Crippen LogP contribution is 2.27. The molecule has 0 unspecified atom stereocenters. The minimum atomic E-state index is -0.549. The van der Waals surface area contributed by atoms with Crippen LogP contribution in [-0.4, -0.2) is 17.1 Å². The third-order valence-electron chi connectivity index (χ3n) is 3.12. The largest absolute Gasteiger partial charge is 0.508 e. The molecule has 0 saturated carbocycles. The van der Waals surface area contributed by atoms with Crippen LogP contribution in [0.3, 0.4) is 0 Å². The Morgan fingerprint density at radius 1 is 1.28 bits per heavy atom. The normalized spacial score (nSPS) is 11.1. The second kappa shape index (κ2) is 8.22. The number of ether oxygens (including phenoxy) is 1. The highest BCUT2D eigenvalue weighted by Gasteiger charge is 2.11. The third kappa shape index (κ3) is 5.27. The summed E-state index contributed by atoms with van der Waals surface area (Å²) >= 11 is 6.16. The second-order valence-corrected chi connectivity index (χ2v) is 5.93. The van der Waals surface area contributed by atoms with Gasteiger partial charge in [-0.05, 0) is 61.9 Å². The Labute approximate surface area is 151 Å². The second-order valence-electron chi connectivity index (χ2n) is 5.53. The quantitative estimate of drug-likeness (QED) is 0.473. The number of nitriles is 1. The van der Waals surface area contributed by atoms with Crippen LogP contribution in [-0.2, 0) is 4.79 Å². The van der Waals surface area contributed by atoms with Gasteiger partial charge in [-0.1, -0.05) is 17.7 Å². The number of phenolic OH excluding ortho intramolecular Hbond substituents is 1. The molecule has 2 aromatic rings. The Balaban J connectivity index is 2.19. The number of amides is 1. The van der Waals surface area contributed by atoms with E-state index in [-0.39, 0.29) is 17.4 Å². The van der Waals surface area contributed by atoms with Gasteiger partial charge in [0.25, 0.3) is 5.91 Å². The van der Waals surface area contributed by atoms with Crippen molar-refractivity contribution in [2.24, 2.45) is 0 Å². The first-order valence-corrected chi connectivity index (χ1v) is 7.95. The zero-order valence-corrected chi connectivity index (χ0v) is 14.5. The van der Waals surface area contributed by atoms with Gasteiger partial charge in [0.1, 0.15) is 23.1 Å². The fourth-order valence-corrected chi connectivity index (χ4v) is 2.25. The summed E-state index contributed by atoms with van der Waals surface area (Å²) in [7, 11) is 0. The molecule has 128 valence electrons. The smallest absolute Gasteiger partial charge is 0.266 e. The van der Waals surface area contributed by atoms with Crippen LogP contribution < -0.4 is 10.1 Å². The summed E-state index contributed by atoms with van der Waals surface area (Å²) in [5.74, 6) is 0.0834. The van der Waals surface area contributed by atoms with Crippen molar-refractivity contribution in [2.45, 2.75) is 20.0 Å². The molecule has 0 aromatic heterocycles. The predicted molar refractivity (Wildman–Crippen MR) is 97.5 cm³/mol. The van der Waals surface area contributed by atoms with Crippen molar-refractivity contribution in [3.8, 4) is 17.6 Å². The maximum atomic E-state index is 12.2.